The first-order chi connectivity index (χ1) is 11.0. The van der Waals surface area contributed by atoms with E-state index in [0.717, 1.165) is 5.39 Å². The summed E-state index contributed by atoms with van der Waals surface area (Å²) in [6, 6.07) is 12.7. The van der Waals surface area contributed by atoms with Crippen LogP contribution in [0.15, 0.2) is 47.4 Å². The molecule has 0 bridgehead atoms. The monoisotopic (exact) mass is 331 g/mol. The molecule has 0 spiro atoms. The molecule has 0 saturated heterocycles. The number of hydrogen-bond acceptors (Lipinski definition) is 5. The maximum Gasteiger partial charge on any atom is 0.243 e. The van der Waals surface area contributed by atoms with Gasteiger partial charge in [0.1, 0.15) is 0 Å². The van der Waals surface area contributed by atoms with Gasteiger partial charge >= 0.3 is 0 Å². The number of H-pyrrole nitrogens is 1. The Morgan fingerprint density at radius 1 is 1.17 bits per heavy atom. The highest BCUT2D eigenvalue weighted by Crippen LogP contribution is 2.26. The fourth-order valence-electron chi connectivity index (χ4n) is 2.53. The van der Waals surface area contributed by atoms with Crippen LogP contribution >= 0.6 is 0 Å². The van der Waals surface area contributed by atoms with Gasteiger partial charge in [0.2, 0.25) is 10.0 Å². The van der Waals surface area contributed by atoms with Crippen LogP contribution in [0, 0.1) is 0 Å². The number of rotatable bonds is 5. The number of nitrogens with zero attached hydrogens (tertiary/aromatic N) is 4. The molecular formula is C15H17N5O2S. The summed E-state index contributed by atoms with van der Waals surface area (Å²) >= 11 is 0. The van der Waals surface area contributed by atoms with E-state index in [4.69, 9.17) is 0 Å². The number of hydrogen-bond donors (Lipinski definition) is 1. The number of benzene rings is 2. The molecule has 3 aromatic rings. The van der Waals surface area contributed by atoms with Gasteiger partial charge in [-0.05, 0) is 11.5 Å². The number of tetrazole rings is 1. The summed E-state index contributed by atoms with van der Waals surface area (Å²) in [4.78, 5) is 0.304. The third-order valence-corrected chi connectivity index (χ3v) is 5.65. The van der Waals surface area contributed by atoms with Crippen LogP contribution in [-0.4, -0.2) is 46.9 Å². The third kappa shape index (κ3) is 2.95. The lowest BCUT2D eigenvalue weighted by atomic mass is 10.1. The molecule has 0 saturated carbocycles. The number of aromatic nitrogens is 4. The molecule has 1 atom stereocenters. The van der Waals surface area contributed by atoms with Crippen molar-refractivity contribution in [3.8, 4) is 0 Å². The second-order valence-electron chi connectivity index (χ2n) is 5.43. The highest BCUT2D eigenvalue weighted by molar-refractivity contribution is 7.89. The van der Waals surface area contributed by atoms with Crippen molar-refractivity contribution in [3.63, 3.8) is 0 Å². The van der Waals surface area contributed by atoms with Gasteiger partial charge in [-0.1, -0.05) is 48.5 Å². The van der Waals surface area contributed by atoms with Crippen molar-refractivity contribution < 1.29 is 8.42 Å². The molecule has 7 nitrogen and oxygen atoms in total. The fourth-order valence-corrected chi connectivity index (χ4v) is 4.00. The third-order valence-electron chi connectivity index (χ3n) is 3.77. The SMILES string of the molecule is C[C@@H](CN(C)S(=O)(=O)c1cccc2ccccc12)c1nn[nH]n1. The van der Waals surface area contributed by atoms with Crippen molar-refractivity contribution in [1.82, 2.24) is 24.9 Å². The molecule has 3 rings (SSSR count). The zero-order valence-electron chi connectivity index (χ0n) is 12.8. The predicted molar refractivity (Wildman–Crippen MR) is 86.4 cm³/mol. The fraction of sp³-hybridized carbons (Fsp3) is 0.267. The average Bonchev–Trinajstić information content (AvgIpc) is 3.08. The Morgan fingerprint density at radius 3 is 2.65 bits per heavy atom. The first kappa shape index (κ1) is 15.6. The Balaban J connectivity index is 1.94. The molecule has 23 heavy (non-hydrogen) atoms. The summed E-state index contributed by atoms with van der Waals surface area (Å²) in [6.07, 6.45) is 0. The van der Waals surface area contributed by atoms with Gasteiger partial charge in [-0.3, -0.25) is 0 Å². The summed E-state index contributed by atoms with van der Waals surface area (Å²) in [5.41, 5.74) is 0. The Labute approximate surface area is 134 Å². The molecule has 8 heteroatoms. The Hall–Kier alpha value is -2.32. The summed E-state index contributed by atoms with van der Waals surface area (Å²) in [5.74, 6) is 0.327. The molecule has 0 aliphatic rings. The Morgan fingerprint density at radius 2 is 1.91 bits per heavy atom. The highest BCUT2D eigenvalue weighted by Gasteiger charge is 2.25. The zero-order chi connectivity index (χ0) is 16.4. The van der Waals surface area contributed by atoms with Crippen LogP contribution in [0.3, 0.4) is 0 Å². The molecule has 0 aliphatic carbocycles. The molecule has 2 aromatic carbocycles. The Kier molecular flexibility index (Phi) is 4.10. The molecule has 120 valence electrons. The molecule has 1 N–H and O–H groups in total. The molecule has 0 fully saturated rings. The van der Waals surface area contributed by atoms with Crippen molar-refractivity contribution in [2.45, 2.75) is 17.7 Å². The van der Waals surface area contributed by atoms with Crippen LogP contribution in [0.2, 0.25) is 0 Å². The number of aromatic amines is 1. The van der Waals surface area contributed by atoms with Crippen molar-refractivity contribution >= 4 is 20.8 Å². The summed E-state index contributed by atoms with van der Waals surface area (Å²) < 4.78 is 27.2. The van der Waals surface area contributed by atoms with Gasteiger partial charge in [0.15, 0.2) is 5.82 Å². The van der Waals surface area contributed by atoms with Crippen molar-refractivity contribution in [2.24, 2.45) is 0 Å². The van der Waals surface area contributed by atoms with E-state index >= 15 is 0 Å². The second-order valence-corrected chi connectivity index (χ2v) is 7.45. The van der Waals surface area contributed by atoms with Crippen LogP contribution in [0.4, 0.5) is 0 Å². The minimum Gasteiger partial charge on any atom is -0.207 e. The van der Waals surface area contributed by atoms with Crippen LogP contribution in [0.5, 0.6) is 0 Å². The van der Waals surface area contributed by atoms with Gasteiger partial charge in [-0.25, -0.2) is 12.7 Å². The van der Waals surface area contributed by atoms with Crippen molar-refractivity contribution in [2.75, 3.05) is 13.6 Å². The van der Waals surface area contributed by atoms with Crippen LogP contribution in [0.25, 0.3) is 10.8 Å². The molecule has 0 radical (unpaired) electrons. The van der Waals surface area contributed by atoms with Crippen molar-refractivity contribution in [1.29, 1.82) is 0 Å². The second kappa shape index (κ2) is 6.05. The maximum atomic E-state index is 12.9. The van der Waals surface area contributed by atoms with Gasteiger partial charge in [-0.15, -0.1) is 10.2 Å². The first-order valence-corrected chi connectivity index (χ1v) is 8.61. The molecular weight excluding hydrogens is 314 g/mol. The van der Waals surface area contributed by atoms with Gasteiger partial charge < -0.3 is 0 Å². The quantitative estimate of drug-likeness (QED) is 0.769. The molecule has 1 aromatic heterocycles. The van der Waals surface area contributed by atoms with E-state index in [1.54, 1.807) is 19.2 Å². The van der Waals surface area contributed by atoms with Gasteiger partial charge in [0.25, 0.3) is 0 Å². The van der Waals surface area contributed by atoms with E-state index in [9.17, 15) is 8.42 Å². The number of sulfonamides is 1. The standard InChI is InChI=1S/C15H17N5O2S/c1-11(15-16-18-19-17-15)10-20(2)23(21,22)14-9-5-7-12-6-3-4-8-13(12)14/h3-9,11H,10H2,1-2H3,(H,16,17,18,19)/t11-/m0/s1. The topological polar surface area (TPSA) is 91.8 Å². The zero-order valence-corrected chi connectivity index (χ0v) is 13.7. The van der Waals surface area contributed by atoms with E-state index in [0.29, 0.717) is 16.1 Å². The average molecular weight is 331 g/mol. The lowest BCUT2D eigenvalue weighted by Gasteiger charge is -2.20. The van der Waals surface area contributed by atoms with Crippen LogP contribution in [-0.2, 0) is 10.0 Å². The predicted octanol–water partition coefficient (Wildman–Crippen LogP) is 1.78. The van der Waals surface area contributed by atoms with Crippen LogP contribution < -0.4 is 0 Å². The van der Waals surface area contributed by atoms with Crippen molar-refractivity contribution in [3.05, 3.63) is 48.3 Å². The summed E-state index contributed by atoms with van der Waals surface area (Å²) in [6.45, 7) is 2.13. The van der Waals surface area contributed by atoms with E-state index in [1.807, 2.05) is 37.3 Å². The molecule has 0 amide bonds. The van der Waals surface area contributed by atoms with E-state index in [-0.39, 0.29) is 12.5 Å². The Bertz CT molecular complexity index is 903. The van der Waals surface area contributed by atoms with Gasteiger partial charge in [0, 0.05) is 24.9 Å². The molecule has 0 aliphatic heterocycles. The summed E-state index contributed by atoms with van der Waals surface area (Å²) in [7, 11) is -2.04. The normalized spacial score (nSPS) is 13.5. The molecule has 0 unspecified atom stereocenters. The smallest absolute Gasteiger partial charge is 0.207 e. The van der Waals surface area contributed by atoms with E-state index in [2.05, 4.69) is 20.6 Å². The largest absolute Gasteiger partial charge is 0.243 e. The molecule has 1 heterocycles. The number of fused-ring (bicyclic) bond motifs is 1. The highest BCUT2D eigenvalue weighted by atomic mass is 32.2. The maximum absolute atomic E-state index is 12.9. The number of likely N-dealkylation sites (N-methyl/N-ethyl adjacent to an activating group) is 1. The van der Waals surface area contributed by atoms with Gasteiger partial charge in [0.05, 0.1) is 4.90 Å². The van der Waals surface area contributed by atoms with Crippen LogP contribution in [0.1, 0.15) is 18.7 Å². The minimum atomic E-state index is -3.60. The lowest BCUT2D eigenvalue weighted by molar-refractivity contribution is 0.440. The van der Waals surface area contributed by atoms with E-state index < -0.39 is 10.0 Å². The summed E-state index contributed by atoms with van der Waals surface area (Å²) in [5, 5.41) is 15.3. The lowest BCUT2D eigenvalue weighted by Crippen LogP contribution is -2.31. The first-order valence-electron chi connectivity index (χ1n) is 7.17. The minimum absolute atomic E-state index is 0.163. The van der Waals surface area contributed by atoms with Gasteiger partial charge in [-0.2, -0.15) is 5.21 Å². The number of nitrogens with one attached hydrogen (secondary N) is 1. The van der Waals surface area contributed by atoms with E-state index in [1.165, 1.54) is 4.31 Å².